The number of nitrogens with zero attached hydrogens (tertiary/aromatic N) is 3. The molecule has 0 radical (unpaired) electrons. The zero-order valence-corrected chi connectivity index (χ0v) is 20.1. The molecule has 2 heterocycles. The molecule has 1 saturated heterocycles. The average molecular weight is 490 g/mol. The summed E-state index contributed by atoms with van der Waals surface area (Å²) in [6, 6.07) is 19.1. The van der Waals surface area contributed by atoms with Gasteiger partial charge in [0.25, 0.3) is 11.1 Å². The average Bonchev–Trinajstić information content (AvgIpc) is 3.47. The lowest BCUT2D eigenvalue weighted by atomic mass is 9.95. The summed E-state index contributed by atoms with van der Waals surface area (Å²) in [6.45, 7) is -0.346. The van der Waals surface area contributed by atoms with E-state index in [9.17, 15) is 14.4 Å². The molecule has 0 saturated carbocycles. The molecular formula is C26H23N3O5S. The number of thioether (sulfide) groups is 1. The predicted molar refractivity (Wildman–Crippen MR) is 134 cm³/mol. The monoisotopic (exact) mass is 489 g/mol. The normalized spacial score (nSPS) is 17.8. The Balaban J connectivity index is 1.54. The second-order valence-corrected chi connectivity index (χ2v) is 9.11. The SMILES string of the molecule is COc1ccc(C2CC(c3cccc4ccccc34)=NN2C(=O)CN2C(=O)CSC2=O)cc1OC. The fraction of sp³-hybridized carbons (Fsp3) is 0.231. The van der Waals surface area contributed by atoms with Crippen LogP contribution in [0.2, 0.25) is 0 Å². The highest BCUT2D eigenvalue weighted by Gasteiger charge is 2.38. The number of hydrogen-bond acceptors (Lipinski definition) is 7. The highest BCUT2D eigenvalue weighted by molar-refractivity contribution is 8.14. The fourth-order valence-electron chi connectivity index (χ4n) is 4.44. The number of hydrazone groups is 1. The number of rotatable bonds is 6. The number of fused-ring (bicyclic) bond motifs is 1. The van der Waals surface area contributed by atoms with Gasteiger partial charge in [0, 0.05) is 12.0 Å². The van der Waals surface area contributed by atoms with Crippen LogP contribution in [0.25, 0.3) is 10.8 Å². The van der Waals surface area contributed by atoms with Gasteiger partial charge in [0.1, 0.15) is 6.54 Å². The molecule has 3 aromatic rings. The maximum atomic E-state index is 13.4. The third-order valence-corrected chi connectivity index (χ3v) is 7.05. The molecule has 35 heavy (non-hydrogen) atoms. The number of imide groups is 1. The topological polar surface area (TPSA) is 88.5 Å². The Hall–Kier alpha value is -3.85. The highest BCUT2D eigenvalue weighted by atomic mass is 32.2. The van der Waals surface area contributed by atoms with Crippen molar-refractivity contribution in [2.75, 3.05) is 26.5 Å². The van der Waals surface area contributed by atoms with Crippen LogP contribution in [0, 0.1) is 0 Å². The van der Waals surface area contributed by atoms with Crippen molar-refractivity contribution in [2.45, 2.75) is 12.5 Å². The Kier molecular flexibility index (Phi) is 6.17. The van der Waals surface area contributed by atoms with Crippen molar-refractivity contribution in [2.24, 2.45) is 5.10 Å². The van der Waals surface area contributed by atoms with Gasteiger partial charge in [-0.15, -0.1) is 0 Å². The third kappa shape index (κ3) is 4.23. The Labute approximate surface area is 206 Å². The minimum Gasteiger partial charge on any atom is -0.493 e. The van der Waals surface area contributed by atoms with Gasteiger partial charge < -0.3 is 9.47 Å². The fourth-order valence-corrected chi connectivity index (χ4v) is 5.17. The molecule has 9 heteroatoms. The van der Waals surface area contributed by atoms with Gasteiger partial charge in [-0.05, 0) is 28.5 Å². The first kappa shape index (κ1) is 22.9. The molecule has 3 amide bonds. The van der Waals surface area contributed by atoms with Crippen LogP contribution in [-0.2, 0) is 9.59 Å². The van der Waals surface area contributed by atoms with Crippen LogP contribution >= 0.6 is 11.8 Å². The van der Waals surface area contributed by atoms with Crippen molar-refractivity contribution < 1.29 is 23.9 Å². The third-order valence-electron chi connectivity index (χ3n) is 6.19. The molecule has 178 valence electrons. The molecule has 1 fully saturated rings. The van der Waals surface area contributed by atoms with Gasteiger partial charge in [-0.3, -0.25) is 19.3 Å². The summed E-state index contributed by atoms with van der Waals surface area (Å²) in [4.78, 5) is 38.6. The second-order valence-electron chi connectivity index (χ2n) is 8.18. The van der Waals surface area contributed by atoms with Gasteiger partial charge in [0.15, 0.2) is 11.5 Å². The number of ether oxygens (including phenoxy) is 2. The maximum absolute atomic E-state index is 13.4. The van der Waals surface area contributed by atoms with E-state index in [2.05, 4.69) is 0 Å². The van der Waals surface area contributed by atoms with E-state index < -0.39 is 17.2 Å². The molecular weight excluding hydrogens is 466 g/mol. The van der Waals surface area contributed by atoms with E-state index in [1.807, 2.05) is 54.6 Å². The standard InChI is InChI=1S/C26H23N3O5S/c1-33-22-11-10-17(12-23(22)34-2)21-13-20(19-9-5-7-16-6-3-4-8-18(16)19)27-29(21)24(30)14-28-25(31)15-35-26(28)32/h3-12,21H,13-15H2,1-2H3. The molecule has 1 unspecified atom stereocenters. The van der Waals surface area contributed by atoms with Gasteiger partial charge in [-0.25, -0.2) is 5.01 Å². The number of carbonyl (C=O) groups is 3. The van der Waals surface area contributed by atoms with E-state index in [0.717, 1.165) is 44.3 Å². The molecule has 0 N–H and O–H groups in total. The van der Waals surface area contributed by atoms with Gasteiger partial charge >= 0.3 is 0 Å². The molecule has 0 bridgehead atoms. The minimum atomic E-state index is -0.434. The van der Waals surface area contributed by atoms with Crippen LogP contribution in [0.1, 0.15) is 23.6 Å². The van der Waals surface area contributed by atoms with Crippen molar-refractivity contribution in [3.63, 3.8) is 0 Å². The summed E-state index contributed by atoms with van der Waals surface area (Å²) in [5.74, 6) is 0.373. The lowest BCUT2D eigenvalue weighted by Gasteiger charge is -2.24. The van der Waals surface area contributed by atoms with Crippen molar-refractivity contribution in [1.29, 1.82) is 0 Å². The van der Waals surface area contributed by atoms with Gasteiger partial charge in [0.05, 0.1) is 31.7 Å². The number of hydrogen-bond donors (Lipinski definition) is 0. The summed E-state index contributed by atoms with van der Waals surface area (Å²) in [5.41, 5.74) is 2.50. The van der Waals surface area contributed by atoms with Gasteiger partial charge in [-0.2, -0.15) is 5.10 Å². The van der Waals surface area contributed by atoms with Crippen molar-refractivity contribution in [3.8, 4) is 11.5 Å². The zero-order valence-electron chi connectivity index (χ0n) is 19.3. The molecule has 0 spiro atoms. The van der Waals surface area contributed by atoms with Crippen molar-refractivity contribution in [3.05, 3.63) is 71.8 Å². The molecule has 8 nitrogen and oxygen atoms in total. The first-order valence-electron chi connectivity index (χ1n) is 11.1. The van der Waals surface area contributed by atoms with Crippen LogP contribution in [0.5, 0.6) is 11.5 Å². The van der Waals surface area contributed by atoms with Crippen LogP contribution in [-0.4, -0.2) is 59.2 Å². The summed E-state index contributed by atoms with van der Waals surface area (Å²) in [5, 5.41) is 7.82. The van der Waals surface area contributed by atoms with E-state index >= 15 is 0 Å². The Morgan fingerprint density at radius 2 is 1.80 bits per heavy atom. The Morgan fingerprint density at radius 3 is 2.54 bits per heavy atom. The van der Waals surface area contributed by atoms with E-state index in [1.54, 1.807) is 20.3 Å². The van der Waals surface area contributed by atoms with E-state index in [4.69, 9.17) is 14.6 Å². The number of amides is 3. The first-order chi connectivity index (χ1) is 17.0. The van der Waals surface area contributed by atoms with Gasteiger partial charge in [0.2, 0.25) is 5.91 Å². The summed E-state index contributed by atoms with van der Waals surface area (Å²) in [7, 11) is 3.12. The van der Waals surface area contributed by atoms with Crippen LogP contribution in [0.4, 0.5) is 4.79 Å². The first-order valence-corrected chi connectivity index (χ1v) is 12.1. The maximum Gasteiger partial charge on any atom is 0.289 e. The number of carbonyl (C=O) groups excluding carboxylic acids is 3. The van der Waals surface area contributed by atoms with E-state index in [1.165, 1.54) is 5.01 Å². The Bertz CT molecular complexity index is 1350. The smallest absolute Gasteiger partial charge is 0.289 e. The summed E-state index contributed by atoms with van der Waals surface area (Å²) < 4.78 is 10.8. The van der Waals surface area contributed by atoms with Crippen LogP contribution < -0.4 is 9.47 Å². The van der Waals surface area contributed by atoms with E-state index in [-0.39, 0.29) is 18.2 Å². The minimum absolute atomic E-state index is 0.0513. The van der Waals surface area contributed by atoms with Crippen LogP contribution in [0.15, 0.2) is 65.8 Å². The quantitative estimate of drug-likeness (QED) is 0.515. The Morgan fingerprint density at radius 1 is 1.03 bits per heavy atom. The zero-order chi connectivity index (χ0) is 24.5. The molecule has 0 aliphatic carbocycles. The molecule has 3 aromatic carbocycles. The van der Waals surface area contributed by atoms with E-state index in [0.29, 0.717) is 17.9 Å². The number of benzene rings is 3. The molecule has 5 rings (SSSR count). The van der Waals surface area contributed by atoms with Gasteiger partial charge in [-0.1, -0.05) is 60.3 Å². The lowest BCUT2D eigenvalue weighted by molar-refractivity contribution is -0.137. The molecule has 2 aliphatic rings. The lowest BCUT2D eigenvalue weighted by Crippen LogP contribution is -2.40. The van der Waals surface area contributed by atoms with Crippen molar-refractivity contribution in [1.82, 2.24) is 9.91 Å². The number of methoxy groups -OCH3 is 2. The molecule has 0 aromatic heterocycles. The molecule has 2 aliphatic heterocycles. The predicted octanol–water partition coefficient (Wildman–Crippen LogP) is 4.23. The highest BCUT2D eigenvalue weighted by Crippen LogP contribution is 2.38. The largest absolute Gasteiger partial charge is 0.493 e. The molecule has 1 atom stereocenters. The summed E-state index contributed by atoms with van der Waals surface area (Å²) in [6.07, 6.45) is 0.464. The van der Waals surface area contributed by atoms with Crippen LogP contribution in [0.3, 0.4) is 0 Å². The second kappa shape index (κ2) is 9.42. The van der Waals surface area contributed by atoms with Crippen molar-refractivity contribution >= 4 is 45.3 Å². The summed E-state index contributed by atoms with van der Waals surface area (Å²) >= 11 is 0.903.